The van der Waals surface area contributed by atoms with Crippen molar-refractivity contribution in [3.63, 3.8) is 0 Å². The molecule has 0 atom stereocenters. The third kappa shape index (κ3) is 5.60. The Morgan fingerprint density at radius 2 is 2.40 bits per heavy atom. The maximum Gasteiger partial charge on any atom is 0.309 e. The summed E-state index contributed by atoms with van der Waals surface area (Å²) in [5.41, 5.74) is 0. The van der Waals surface area contributed by atoms with E-state index in [1.807, 2.05) is 6.92 Å². The predicted molar refractivity (Wildman–Crippen MR) is 40.1 cm³/mol. The van der Waals surface area contributed by atoms with Crippen LogP contribution in [0.3, 0.4) is 0 Å². The van der Waals surface area contributed by atoms with Gasteiger partial charge in [0.05, 0.1) is 13.0 Å². The molecule has 0 saturated carbocycles. The van der Waals surface area contributed by atoms with Crippen LogP contribution in [0, 0.1) is 13.3 Å². The lowest BCUT2D eigenvalue weighted by molar-refractivity contribution is -0.139. The second-order valence-electron chi connectivity index (χ2n) is 2.01. The first-order chi connectivity index (χ1) is 4.81. The SMILES string of the molecule is [CH2]CC[CH]C(=O)OCCC. The van der Waals surface area contributed by atoms with Crippen LogP contribution in [0.5, 0.6) is 0 Å². The van der Waals surface area contributed by atoms with Gasteiger partial charge in [-0.15, -0.1) is 0 Å². The minimum Gasteiger partial charge on any atom is -0.465 e. The summed E-state index contributed by atoms with van der Waals surface area (Å²) in [6.45, 7) is 6.09. The van der Waals surface area contributed by atoms with Gasteiger partial charge in [-0.3, -0.25) is 4.79 Å². The number of unbranched alkanes of at least 4 members (excludes halogenated alkanes) is 1. The fourth-order valence-electron chi connectivity index (χ4n) is 0.481. The van der Waals surface area contributed by atoms with Crippen LogP contribution in [0.2, 0.25) is 0 Å². The van der Waals surface area contributed by atoms with Gasteiger partial charge in [-0.25, -0.2) is 0 Å². The molecule has 2 radical (unpaired) electrons. The van der Waals surface area contributed by atoms with Crippen LogP contribution in [-0.2, 0) is 9.53 Å². The summed E-state index contributed by atoms with van der Waals surface area (Å²) < 4.78 is 4.77. The molecule has 0 unspecified atom stereocenters. The van der Waals surface area contributed by atoms with Gasteiger partial charge in [0.2, 0.25) is 0 Å². The Bertz CT molecular complexity index is 79.3. The van der Waals surface area contributed by atoms with Crippen molar-refractivity contribution in [1.82, 2.24) is 0 Å². The van der Waals surface area contributed by atoms with Gasteiger partial charge >= 0.3 is 5.97 Å². The van der Waals surface area contributed by atoms with Crippen molar-refractivity contribution in [2.45, 2.75) is 26.2 Å². The van der Waals surface area contributed by atoms with Crippen molar-refractivity contribution >= 4 is 5.97 Å². The highest BCUT2D eigenvalue weighted by Crippen LogP contribution is 1.94. The molecule has 0 aromatic rings. The molecular weight excluding hydrogens is 128 g/mol. The Balaban J connectivity index is 3.09. The zero-order chi connectivity index (χ0) is 7.82. The molecule has 0 amide bonds. The molecule has 0 N–H and O–H groups in total. The van der Waals surface area contributed by atoms with Gasteiger partial charge in [-0.05, 0) is 12.8 Å². The number of hydrogen-bond acceptors (Lipinski definition) is 2. The molecule has 10 heavy (non-hydrogen) atoms. The molecule has 0 aliphatic carbocycles. The molecule has 0 aromatic carbocycles. The summed E-state index contributed by atoms with van der Waals surface area (Å²) in [7, 11) is 0. The Morgan fingerprint density at radius 1 is 1.70 bits per heavy atom. The standard InChI is InChI=1S/C8H14O2/c1-3-5-6-8(9)10-7-4-2/h6H,1,3-5,7H2,2H3. The second kappa shape index (κ2) is 6.59. The van der Waals surface area contributed by atoms with E-state index in [0.717, 1.165) is 12.8 Å². The van der Waals surface area contributed by atoms with Crippen molar-refractivity contribution in [2.24, 2.45) is 0 Å². The third-order valence-corrected chi connectivity index (χ3v) is 0.964. The van der Waals surface area contributed by atoms with Crippen molar-refractivity contribution < 1.29 is 9.53 Å². The first-order valence-electron chi connectivity index (χ1n) is 3.60. The Labute approximate surface area is 62.6 Å². The lowest BCUT2D eigenvalue weighted by atomic mass is 10.2. The average molecular weight is 142 g/mol. The summed E-state index contributed by atoms with van der Waals surface area (Å²) >= 11 is 0. The number of carbonyl (C=O) groups is 1. The van der Waals surface area contributed by atoms with E-state index in [0.29, 0.717) is 13.0 Å². The van der Waals surface area contributed by atoms with Gasteiger partial charge in [-0.1, -0.05) is 20.3 Å². The quantitative estimate of drug-likeness (QED) is 0.547. The van der Waals surface area contributed by atoms with Crippen LogP contribution in [0.15, 0.2) is 0 Å². The molecule has 0 fully saturated rings. The first kappa shape index (κ1) is 9.47. The average Bonchev–Trinajstić information content (AvgIpc) is 1.97. The predicted octanol–water partition coefficient (Wildman–Crippen LogP) is 1.76. The Hall–Kier alpha value is -0.530. The molecule has 0 spiro atoms. The maximum atomic E-state index is 10.7. The summed E-state index contributed by atoms with van der Waals surface area (Å²) in [6.07, 6.45) is 3.87. The Kier molecular flexibility index (Phi) is 6.24. The van der Waals surface area contributed by atoms with Crippen LogP contribution >= 0.6 is 0 Å². The zero-order valence-corrected chi connectivity index (χ0v) is 6.43. The van der Waals surface area contributed by atoms with E-state index in [1.54, 1.807) is 0 Å². The maximum absolute atomic E-state index is 10.7. The normalized spacial score (nSPS) is 9.40. The molecule has 2 nitrogen and oxygen atoms in total. The van der Waals surface area contributed by atoms with E-state index in [-0.39, 0.29) is 5.97 Å². The number of carbonyl (C=O) groups excluding carboxylic acids is 1. The molecule has 0 saturated heterocycles. The summed E-state index contributed by atoms with van der Waals surface area (Å²) in [5.74, 6) is -0.217. The number of hydrogen-bond donors (Lipinski definition) is 0. The highest BCUT2D eigenvalue weighted by molar-refractivity contribution is 5.78. The highest BCUT2D eigenvalue weighted by Gasteiger charge is 1.99. The molecule has 0 aliphatic rings. The molecule has 0 rings (SSSR count). The van der Waals surface area contributed by atoms with Gasteiger partial charge in [-0.2, -0.15) is 0 Å². The van der Waals surface area contributed by atoms with Gasteiger partial charge in [0.15, 0.2) is 0 Å². The van der Waals surface area contributed by atoms with Gasteiger partial charge < -0.3 is 4.74 Å². The van der Waals surface area contributed by atoms with Gasteiger partial charge in [0, 0.05) is 0 Å². The number of esters is 1. The molecule has 0 bridgehead atoms. The van der Waals surface area contributed by atoms with E-state index in [1.165, 1.54) is 6.42 Å². The molecule has 0 heterocycles. The van der Waals surface area contributed by atoms with Crippen molar-refractivity contribution in [3.8, 4) is 0 Å². The van der Waals surface area contributed by atoms with E-state index in [9.17, 15) is 4.79 Å². The first-order valence-corrected chi connectivity index (χ1v) is 3.60. The molecule has 2 heteroatoms. The fraction of sp³-hybridized carbons (Fsp3) is 0.625. The lowest BCUT2D eigenvalue weighted by Crippen LogP contribution is -2.05. The fourth-order valence-corrected chi connectivity index (χ4v) is 0.481. The monoisotopic (exact) mass is 142 g/mol. The van der Waals surface area contributed by atoms with Crippen LogP contribution in [0.4, 0.5) is 0 Å². The largest absolute Gasteiger partial charge is 0.465 e. The van der Waals surface area contributed by atoms with Gasteiger partial charge in [0.1, 0.15) is 0 Å². The molecular formula is C8H14O2. The summed E-state index contributed by atoms with van der Waals surface area (Å²) in [4.78, 5) is 10.7. The van der Waals surface area contributed by atoms with Crippen LogP contribution in [-0.4, -0.2) is 12.6 Å². The molecule has 0 aromatic heterocycles. The van der Waals surface area contributed by atoms with Gasteiger partial charge in [0.25, 0.3) is 0 Å². The Morgan fingerprint density at radius 3 is 2.90 bits per heavy atom. The van der Waals surface area contributed by atoms with E-state index >= 15 is 0 Å². The topological polar surface area (TPSA) is 26.3 Å². The molecule has 58 valence electrons. The van der Waals surface area contributed by atoms with Crippen LogP contribution in [0.25, 0.3) is 0 Å². The van der Waals surface area contributed by atoms with E-state index < -0.39 is 0 Å². The number of rotatable bonds is 5. The zero-order valence-electron chi connectivity index (χ0n) is 6.43. The molecule has 0 aliphatic heterocycles. The number of ether oxygens (including phenoxy) is 1. The van der Waals surface area contributed by atoms with Crippen molar-refractivity contribution in [1.29, 1.82) is 0 Å². The summed E-state index contributed by atoms with van der Waals surface area (Å²) in [6, 6.07) is 0. The summed E-state index contributed by atoms with van der Waals surface area (Å²) in [5, 5.41) is 0. The van der Waals surface area contributed by atoms with Crippen molar-refractivity contribution in [3.05, 3.63) is 13.3 Å². The lowest BCUT2D eigenvalue weighted by Gasteiger charge is -1.99. The minimum atomic E-state index is -0.217. The minimum absolute atomic E-state index is 0.217. The smallest absolute Gasteiger partial charge is 0.309 e. The van der Waals surface area contributed by atoms with Crippen molar-refractivity contribution in [2.75, 3.05) is 6.61 Å². The van der Waals surface area contributed by atoms with Crippen LogP contribution < -0.4 is 0 Å². The van der Waals surface area contributed by atoms with E-state index in [2.05, 4.69) is 6.92 Å². The highest BCUT2D eigenvalue weighted by atomic mass is 16.5. The van der Waals surface area contributed by atoms with E-state index in [4.69, 9.17) is 4.74 Å². The third-order valence-electron chi connectivity index (χ3n) is 0.964. The van der Waals surface area contributed by atoms with Crippen LogP contribution in [0.1, 0.15) is 26.2 Å². The second-order valence-corrected chi connectivity index (χ2v) is 2.01.